The molecule has 2 rings (SSSR count). The Balaban J connectivity index is 3.02. The number of fused-ring (bicyclic) bond motifs is 2. The Hall–Kier alpha value is -0.880. The van der Waals surface area contributed by atoms with Crippen LogP contribution in [0.4, 0.5) is 52.7 Å². The largest absolute Gasteiger partial charge is 0.361 e. The third-order valence-electron chi connectivity index (χ3n) is 3.84. The zero-order valence-corrected chi connectivity index (χ0v) is 9.06. The average Bonchev–Trinajstić information content (AvgIpc) is 2.42. The number of hydrogen-bond donors (Lipinski definition) is 1. The lowest BCUT2D eigenvalue weighted by Crippen LogP contribution is -2.78. The smallest absolute Gasteiger partial charge is 0.359 e. The molecule has 2 saturated carbocycles. The topological polar surface area (TPSA) is 20.2 Å². The second-order valence-electron chi connectivity index (χ2n) is 4.66. The van der Waals surface area contributed by atoms with Crippen LogP contribution in [0, 0.1) is 0 Å². The molecule has 124 valence electrons. The Morgan fingerprint density at radius 3 is 1.14 bits per heavy atom. The summed E-state index contributed by atoms with van der Waals surface area (Å²) in [4.78, 5) is 0. The first-order valence-electron chi connectivity index (χ1n) is 4.84. The van der Waals surface area contributed by atoms with Crippen LogP contribution < -0.4 is 0 Å². The molecule has 0 aromatic heterocycles. The highest BCUT2D eigenvalue weighted by molar-refractivity contribution is 5.48. The van der Waals surface area contributed by atoms with Crippen molar-refractivity contribution in [3.63, 3.8) is 0 Å². The van der Waals surface area contributed by atoms with Gasteiger partial charge in [0.25, 0.3) is 11.3 Å². The minimum Gasteiger partial charge on any atom is -0.361 e. The molecule has 0 radical (unpaired) electrons. The van der Waals surface area contributed by atoms with Crippen molar-refractivity contribution in [3.8, 4) is 0 Å². The van der Waals surface area contributed by atoms with E-state index in [0.717, 1.165) is 0 Å². The normalized spacial score (nSPS) is 50.1. The molecule has 0 amide bonds. The molecular formula is C8H2F12O. The maximum Gasteiger partial charge on any atom is 0.359 e. The number of aliphatic hydroxyl groups is 1. The van der Waals surface area contributed by atoms with Gasteiger partial charge in [-0.05, 0) is 0 Å². The minimum absolute atomic E-state index is 5.14. The van der Waals surface area contributed by atoms with Crippen LogP contribution in [-0.2, 0) is 0 Å². The third-order valence-corrected chi connectivity index (χ3v) is 3.84. The van der Waals surface area contributed by atoms with Gasteiger partial charge in [-0.2, -0.15) is 35.1 Å². The monoisotopic (exact) mass is 342 g/mol. The highest BCUT2D eigenvalue weighted by Gasteiger charge is 3.17. The van der Waals surface area contributed by atoms with E-state index < -0.39 is 47.1 Å². The molecule has 2 bridgehead atoms. The molecule has 1 N–H and O–H groups in total. The number of aliphatic hydroxyl groups excluding tert-OH is 1. The Morgan fingerprint density at radius 1 is 0.524 bits per heavy atom. The lowest BCUT2D eigenvalue weighted by atomic mass is 9.75. The molecular weight excluding hydrogens is 340 g/mol. The van der Waals surface area contributed by atoms with E-state index in [1.54, 1.807) is 0 Å². The molecule has 2 fully saturated rings. The zero-order valence-electron chi connectivity index (χ0n) is 9.06. The molecule has 0 spiro atoms. The van der Waals surface area contributed by atoms with Crippen molar-refractivity contribution in [2.75, 3.05) is 0 Å². The summed E-state index contributed by atoms with van der Waals surface area (Å²) in [7, 11) is 0. The van der Waals surface area contributed by atoms with Crippen molar-refractivity contribution >= 4 is 0 Å². The molecule has 4 atom stereocenters. The standard InChI is InChI=1S/C8H2F12O/c9-1(21)2(10)3(11)6(15,16)4(12,5(2,13)14)8(19,20)7(3,17)18/h1,21H. The van der Waals surface area contributed by atoms with Gasteiger partial charge in [-0.25, -0.2) is 17.6 Å². The Bertz CT molecular complexity index is 491. The fraction of sp³-hybridized carbons (Fsp3) is 1.00. The molecule has 0 aliphatic heterocycles. The van der Waals surface area contributed by atoms with E-state index in [-0.39, 0.29) is 0 Å². The van der Waals surface area contributed by atoms with Crippen molar-refractivity contribution in [3.05, 3.63) is 0 Å². The Morgan fingerprint density at radius 2 is 0.857 bits per heavy atom. The first kappa shape index (κ1) is 16.5. The number of hydrogen-bond acceptors (Lipinski definition) is 1. The summed E-state index contributed by atoms with van der Waals surface area (Å²) in [5.41, 5.74) is -20.8. The lowest BCUT2D eigenvalue weighted by Gasteiger charge is -2.46. The molecule has 2 aliphatic carbocycles. The predicted octanol–water partition coefficient (Wildman–Crippen LogP) is 2.97. The van der Waals surface area contributed by atoms with Crippen LogP contribution in [0.15, 0.2) is 0 Å². The zero-order chi connectivity index (χ0) is 17.1. The van der Waals surface area contributed by atoms with Crippen LogP contribution in [0.1, 0.15) is 0 Å². The molecule has 21 heavy (non-hydrogen) atoms. The van der Waals surface area contributed by atoms with Gasteiger partial charge in [0.05, 0.1) is 0 Å². The number of rotatable bonds is 1. The first-order valence-corrected chi connectivity index (χ1v) is 4.84. The Labute approximate surface area is 106 Å². The molecule has 13 heteroatoms. The quantitative estimate of drug-likeness (QED) is 0.727. The molecule has 1 nitrogen and oxygen atoms in total. The van der Waals surface area contributed by atoms with Crippen LogP contribution in [0.25, 0.3) is 0 Å². The highest BCUT2D eigenvalue weighted by atomic mass is 19.3. The summed E-state index contributed by atoms with van der Waals surface area (Å²) in [6.45, 7) is 0. The van der Waals surface area contributed by atoms with Gasteiger partial charge in [-0.1, -0.05) is 0 Å². The van der Waals surface area contributed by atoms with E-state index >= 15 is 0 Å². The van der Waals surface area contributed by atoms with Gasteiger partial charge >= 0.3 is 29.4 Å². The van der Waals surface area contributed by atoms with Gasteiger partial charge in [0.2, 0.25) is 6.36 Å². The van der Waals surface area contributed by atoms with Gasteiger partial charge < -0.3 is 5.11 Å². The van der Waals surface area contributed by atoms with Crippen molar-refractivity contribution in [1.82, 2.24) is 0 Å². The first-order chi connectivity index (χ1) is 8.94. The van der Waals surface area contributed by atoms with E-state index in [4.69, 9.17) is 5.11 Å². The minimum atomic E-state index is -7.09. The molecule has 0 aromatic carbocycles. The van der Waals surface area contributed by atoms with Gasteiger partial charge in [-0.15, -0.1) is 0 Å². The van der Waals surface area contributed by atoms with Gasteiger partial charge in [-0.3, -0.25) is 0 Å². The van der Waals surface area contributed by atoms with E-state index in [9.17, 15) is 52.7 Å². The van der Waals surface area contributed by atoms with Crippen LogP contribution >= 0.6 is 0 Å². The van der Waals surface area contributed by atoms with Gasteiger partial charge in [0, 0.05) is 0 Å². The number of alkyl halides is 12. The predicted molar refractivity (Wildman–Crippen MR) is 38.4 cm³/mol. The fourth-order valence-electron chi connectivity index (χ4n) is 2.70. The van der Waals surface area contributed by atoms with Gasteiger partial charge in [0.15, 0.2) is 0 Å². The highest BCUT2D eigenvalue weighted by Crippen LogP contribution is 2.83. The van der Waals surface area contributed by atoms with Crippen LogP contribution in [0.2, 0.25) is 0 Å². The summed E-state index contributed by atoms with van der Waals surface area (Å²) in [6, 6.07) is 0. The van der Waals surface area contributed by atoms with Crippen LogP contribution in [0.5, 0.6) is 0 Å². The van der Waals surface area contributed by atoms with E-state index in [2.05, 4.69) is 0 Å². The lowest BCUT2D eigenvalue weighted by molar-refractivity contribution is -0.395. The van der Waals surface area contributed by atoms with Crippen molar-refractivity contribution in [1.29, 1.82) is 0 Å². The van der Waals surface area contributed by atoms with Gasteiger partial charge in [0.1, 0.15) is 0 Å². The maximum atomic E-state index is 13.7. The van der Waals surface area contributed by atoms with Crippen molar-refractivity contribution in [2.24, 2.45) is 0 Å². The summed E-state index contributed by atoms with van der Waals surface area (Å²) < 4.78 is 158. The molecule has 0 aromatic rings. The molecule has 0 heterocycles. The molecule has 4 unspecified atom stereocenters. The van der Waals surface area contributed by atoms with Crippen molar-refractivity contribution < 1.29 is 57.8 Å². The second-order valence-corrected chi connectivity index (χ2v) is 4.66. The number of halogens is 12. The molecule has 2 aliphatic rings. The maximum absolute atomic E-state index is 13.7. The molecule has 0 saturated heterocycles. The van der Waals surface area contributed by atoms with E-state index in [1.165, 1.54) is 0 Å². The van der Waals surface area contributed by atoms with Crippen LogP contribution in [-0.4, -0.2) is 52.2 Å². The Kier molecular flexibility index (Phi) is 2.53. The SMILES string of the molecule is OC(F)C1(F)C(F)(F)C2(F)C(F)(F)C(F)(F)C1(F)C2(F)F. The summed E-state index contributed by atoms with van der Waals surface area (Å²) in [6.07, 6.45) is -5.14. The van der Waals surface area contributed by atoms with Crippen molar-refractivity contribution in [2.45, 2.75) is 47.1 Å². The third kappa shape index (κ3) is 0.942. The van der Waals surface area contributed by atoms with E-state index in [1.807, 2.05) is 0 Å². The van der Waals surface area contributed by atoms with Crippen LogP contribution in [0.3, 0.4) is 0 Å². The summed E-state index contributed by atoms with van der Waals surface area (Å²) in [5.74, 6) is -28.2. The van der Waals surface area contributed by atoms with E-state index in [0.29, 0.717) is 0 Å². The summed E-state index contributed by atoms with van der Waals surface area (Å²) in [5, 5.41) is 8.04. The second kappa shape index (κ2) is 3.23. The fourth-order valence-corrected chi connectivity index (χ4v) is 2.70. The summed E-state index contributed by atoms with van der Waals surface area (Å²) >= 11 is 0. The average molecular weight is 342 g/mol.